The maximum Gasteiger partial charge on any atom is 0.255 e. The summed E-state index contributed by atoms with van der Waals surface area (Å²) < 4.78 is 42.2. The summed E-state index contributed by atoms with van der Waals surface area (Å²) in [7, 11) is -1.17. The first kappa shape index (κ1) is 30.8. The quantitative estimate of drug-likeness (QED) is 0.150. The van der Waals surface area contributed by atoms with Crippen LogP contribution in [-0.4, -0.2) is 51.7 Å². The standard InChI is InChI=1S/C25H43BrN4O5SSi/c1-24(2,3)36(31)29-20(22-28-18-21(26)30(22)19-32-16-17-37(4,5)6)10-8-7-9-11-25(34-14-15-35-25)23-27-12-13-33-23/h12-13,18,20,29H,7-11,14-17,19H2,1-6H3/t20-,36?/m1/s1. The number of nitrogens with one attached hydrogen (secondary N) is 1. The van der Waals surface area contributed by atoms with Crippen molar-refractivity contribution in [2.45, 2.75) is 102 Å². The van der Waals surface area contributed by atoms with Crippen LogP contribution in [0.2, 0.25) is 25.7 Å². The Kier molecular flexibility index (Phi) is 11.3. The molecule has 2 atom stereocenters. The topological polar surface area (TPSA) is 107 Å². The molecule has 0 saturated carbocycles. The molecule has 1 aliphatic rings. The first-order chi connectivity index (χ1) is 17.4. The molecule has 3 heterocycles. The van der Waals surface area contributed by atoms with E-state index in [1.807, 2.05) is 25.3 Å². The molecule has 0 radical (unpaired) electrons. The third kappa shape index (κ3) is 9.16. The van der Waals surface area contributed by atoms with Crippen molar-refractivity contribution >= 4 is 35.4 Å². The lowest BCUT2D eigenvalue weighted by Crippen LogP contribution is -2.42. The highest BCUT2D eigenvalue weighted by molar-refractivity contribution is 9.10. The first-order valence-electron chi connectivity index (χ1n) is 13.1. The Hall–Kier alpha value is -0.733. The van der Waals surface area contributed by atoms with Crippen LogP contribution in [0.1, 0.15) is 70.6 Å². The van der Waals surface area contributed by atoms with Gasteiger partial charge in [0.15, 0.2) is 0 Å². The fraction of sp³-hybridized carbons (Fsp3) is 0.760. The van der Waals surface area contributed by atoms with Crippen LogP contribution in [0.15, 0.2) is 27.7 Å². The predicted molar refractivity (Wildman–Crippen MR) is 151 cm³/mol. The second-order valence-corrected chi connectivity index (χ2v) is 20.1. The van der Waals surface area contributed by atoms with E-state index in [1.54, 1.807) is 18.7 Å². The van der Waals surface area contributed by atoms with E-state index in [-0.39, 0.29) is 10.8 Å². The number of hydrogen-bond donors (Lipinski definition) is 1. The molecule has 0 bridgehead atoms. The van der Waals surface area contributed by atoms with Crippen molar-refractivity contribution < 1.29 is 23.2 Å². The summed E-state index contributed by atoms with van der Waals surface area (Å²) in [5.74, 6) is 0.422. The van der Waals surface area contributed by atoms with Gasteiger partial charge < -0.3 is 23.2 Å². The zero-order valence-corrected chi connectivity index (χ0v) is 26.5. The Labute approximate surface area is 233 Å². The largest absolute Gasteiger partial charge is 0.598 e. The summed E-state index contributed by atoms with van der Waals surface area (Å²) >= 11 is 2.38. The molecule has 1 unspecified atom stereocenters. The molecular weight excluding hydrogens is 576 g/mol. The number of unbranched alkanes of at least 4 members (excludes halogenated alkanes) is 2. The van der Waals surface area contributed by atoms with E-state index in [2.05, 4.69) is 50.3 Å². The van der Waals surface area contributed by atoms with Crippen LogP contribution < -0.4 is 4.72 Å². The molecule has 1 saturated heterocycles. The zero-order chi connectivity index (χ0) is 27.1. The summed E-state index contributed by atoms with van der Waals surface area (Å²) in [4.78, 5) is 8.94. The zero-order valence-electron chi connectivity index (χ0n) is 23.0. The van der Waals surface area contributed by atoms with Gasteiger partial charge in [0.05, 0.1) is 25.6 Å². The molecule has 0 aromatic carbocycles. The molecule has 0 amide bonds. The lowest BCUT2D eigenvalue weighted by atomic mass is 10.0. The Bertz CT molecular complexity index is 942. The SMILES string of the molecule is CC(C)(C)[S+]([O-])N[C@H](CCCCCC1(c2ncco2)OCCO1)c1ncc(Br)n1COCC[Si](C)(C)C. The molecule has 1 aliphatic heterocycles. The molecule has 1 N–H and O–H groups in total. The van der Waals surface area contributed by atoms with Gasteiger partial charge in [0.1, 0.15) is 34.2 Å². The highest BCUT2D eigenvalue weighted by atomic mass is 79.9. The smallest absolute Gasteiger partial charge is 0.255 e. The van der Waals surface area contributed by atoms with Gasteiger partial charge >= 0.3 is 0 Å². The molecule has 0 aliphatic carbocycles. The average Bonchev–Trinajstić information content (AvgIpc) is 3.56. The highest BCUT2D eigenvalue weighted by Gasteiger charge is 2.42. The Balaban J connectivity index is 1.61. The van der Waals surface area contributed by atoms with Gasteiger partial charge in [0.2, 0.25) is 5.79 Å². The second kappa shape index (κ2) is 13.6. The number of aromatic nitrogens is 3. The van der Waals surface area contributed by atoms with Gasteiger partial charge in [-0.15, -0.1) is 4.72 Å². The van der Waals surface area contributed by atoms with E-state index < -0.39 is 25.2 Å². The van der Waals surface area contributed by atoms with E-state index in [4.69, 9.17) is 18.6 Å². The van der Waals surface area contributed by atoms with Gasteiger partial charge in [-0.2, -0.15) is 0 Å². The monoisotopic (exact) mass is 618 g/mol. The lowest BCUT2D eigenvalue weighted by molar-refractivity contribution is -0.187. The molecular formula is C25H43BrN4O5SSi. The number of nitrogens with zero attached hydrogens (tertiary/aromatic N) is 3. The minimum Gasteiger partial charge on any atom is -0.598 e. The molecule has 2 aromatic rings. The van der Waals surface area contributed by atoms with Crippen molar-refractivity contribution in [3.63, 3.8) is 0 Å². The maximum atomic E-state index is 13.0. The summed E-state index contributed by atoms with van der Waals surface area (Å²) in [5, 5.41) is 0. The lowest BCUT2D eigenvalue weighted by Gasteiger charge is -2.28. The van der Waals surface area contributed by atoms with Gasteiger partial charge in [0.25, 0.3) is 5.89 Å². The molecule has 3 rings (SSSR count). The van der Waals surface area contributed by atoms with Crippen molar-refractivity contribution in [1.29, 1.82) is 0 Å². The number of imidazole rings is 1. The van der Waals surface area contributed by atoms with Gasteiger partial charge in [-0.3, -0.25) is 4.57 Å². The molecule has 12 heteroatoms. The number of hydrogen-bond acceptors (Lipinski definition) is 8. The average molecular weight is 620 g/mol. The molecule has 210 valence electrons. The van der Waals surface area contributed by atoms with Gasteiger partial charge in [-0.05, 0) is 55.6 Å². The van der Waals surface area contributed by atoms with E-state index >= 15 is 0 Å². The Morgan fingerprint density at radius 2 is 1.95 bits per heavy atom. The predicted octanol–water partition coefficient (Wildman–Crippen LogP) is 5.89. The number of halogens is 1. The first-order valence-corrected chi connectivity index (χ1v) is 18.7. The summed E-state index contributed by atoms with van der Waals surface area (Å²) in [6.45, 7) is 15.1. The van der Waals surface area contributed by atoms with E-state index in [9.17, 15) is 4.55 Å². The molecule has 2 aromatic heterocycles. The minimum atomic E-state index is -1.24. The van der Waals surface area contributed by atoms with Gasteiger partial charge in [0, 0.05) is 32.5 Å². The van der Waals surface area contributed by atoms with Crippen LogP contribution in [0.4, 0.5) is 0 Å². The van der Waals surface area contributed by atoms with Crippen LogP contribution in [0, 0.1) is 0 Å². The Morgan fingerprint density at radius 3 is 2.57 bits per heavy atom. The van der Waals surface area contributed by atoms with Crippen LogP contribution in [0.3, 0.4) is 0 Å². The number of oxazole rings is 1. The number of rotatable bonds is 15. The maximum absolute atomic E-state index is 13.0. The fourth-order valence-electron chi connectivity index (χ4n) is 3.98. The molecule has 0 spiro atoms. The molecule has 9 nitrogen and oxygen atoms in total. The van der Waals surface area contributed by atoms with Crippen molar-refractivity contribution in [2.75, 3.05) is 19.8 Å². The van der Waals surface area contributed by atoms with Crippen molar-refractivity contribution in [3.05, 3.63) is 35.0 Å². The number of ether oxygens (including phenoxy) is 3. The Morgan fingerprint density at radius 1 is 1.22 bits per heavy atom. The fourth-order valence-corrected chi connectivity index (χ4v) is 5.96. The van der Waals surface area contributed by atoms with Gasteiger partial charge in [-0.25, -0.2) is 9.97 Å². The normalized spacial score (nSPS) is 17.8. The van der Waals surface area contributed by atoms with E-state index in [1.165, 1.54) is 0 Å². The van der Waals surface area contributed by atoms with Gasteiger partial charge in [-0.1, -0.05) is 32.5 Å². The highest BCUT2D eigenvalue weighted by Crippen LogP contribution is 2.36. The summed E-state index contributed by atoms with van der Waals surface area (Å²) in [5.41, 5.74) is 0. The van der Waals surface area contributed by atoms with Crippen molar-refractivity contribution in [3.8, 4) is 0 Å². The van der Waals surface area contributed by atoms with E-state index in [0.29, 0.717) is 32.3 Å². The third-order valence-corrected chi connectivity index (χ3v) is 10.1. The van der Waals surface area contributed by atoms with Crippen LogP contribution in [0.25, 0.3) is 0 Å². The molecule has 1 fully saturated rings. The summed E-state index contributed by atoms with van der Waals surface area (Å²) in [6, 6.07) is 0.930. The molecule has 37 heavy (non-hydrogen) atoms. The third-order valence-electron chi connectivity index (χ3n) is 6.18. The van der Waals surface area contributed by atoms with Crippen LogP contribution >= 0.6 is 15.9 Å². The van der Waals surface area contributed by atoms with Crippen LogP contribution in [0.5, 0.6) is 0 Å². The second-order valence-electron chi connectivity index (χ2n) is 11.7. The van der Waals surface area contributed by atoms with Crippen molar-refractivity contribution in [1.82, 2.24) is 19.3 Å². The summed E-state index contributed by atoms with van der Waals surface area (Å²) in [6.07, 6.45) is 9.16. The van der Waals surface area contributed by atoms with Crippen molar-refractivity contribution in [2.24, 2.45) is 0 Å². The van der Waals surface area contributed by atoms with Crippen LogP contribution in [-0.2, 0) is 38.1 Å². The minimum absolute atomic E-state index is 0.174. The van der Waals surface area contributed by atoms with E-state index in [0.717, 1.165) is 48.8 Å².